The molecule has 0 saturated heterocycles. The van der Waals surface area contributed by atoms with E-state index >= 15 is 0 Å². The normalized spacial score (nSPS) is 13.5. The first-order valence-corrected chi connectivity index (χ1v) is 11.5. The number of thiazole rings is 1. The van der Waals surface area contributed by atoms with Crippen molar-refractivity contribution in [2.45, 2.75) is 32.2 Å². The van der Waals surface area contributed by atoms with E-state index in [0.717, 1.165) is 29.8 Å². The minimum atomic E-state index is -0.240. The number of pyridine rings is 1. The van der Waals surface area contributed by atoms with Gasteiger partial charge in [0.2, 0.25) is 11.0 Å². The first-order chi connectivity index (χ1) is 15.6. The number of benzene rings is 2. The van der Waals surface area contributed by atoms with Gasteiger partial charge in [0, 0.05) is 21.9 Å². The number of aryl methyl sites for hydroxylation is 2. The van der Waals surface area contributed by atoms with Gasteiger partial charge in [-0.1, -0.05) is 41.7 Å². The van der Waals surface area contributed by atoms with Gasteiger partial charge in [-0.05, 0) is 49.4 Å². The first kappa shape index (κ1) is 20.5. The van der Waals surface area contributed by atoms with E-state index in [1.54, 1.807) is 30.7 Å². The van der Waals surface area contributed by atoms with Gasteiger partial charge in [0.15, 0.2) is 0 Å². The van der Waals surface area contributed by atoms with Gasteiger partial charge in [0.05, 0.1) is 24.9 Å². The molecule has 0 spiro atoms. The van der Waals surface area contributed by atoms with Crippen molar-refractivity contribution in [1.82, 2.24) is 9.55 Å². The third kappa shape index (κ3) is 3.80. The lowest BCUT2D eigenvalue weighted by molar-refractivity contribution is 0.412. The zero-order valence-electron chi connectivity index (χ0n) is 17.7. The fourth-order valence-electron chi connectivity index (χ4n) is 4.11. The molecule has 0 amide bonds. The van der Waals surface area contributed by atoms with Crippen LogP contribution in [0, 0.1) is 0 Å². The molecule has 0 radical (unpaired) electrons. The Hall–Kier alpha value is -3.45. The standard InChI is InChI=1S/C25H23N3O3S/c1-31-17-12-10-16(11-13-17)15-28-23(29)19-7-3-2-6-18(19)20(24(28)30)14-26-25-27-21-8-4-5-9-22(21)32-25/h2-3,6-7,10-14,30H,4-5,8-9,15H2,1H3. The SMILES string of the molecule is COc1ccc(Cn2c(O)c(C=Nc3nc4c(s3)CCCC4)c3ccccc3c2=O)cc1. The highest BCUT2D eigenvalue weighted by Gasteiger charge is 2.17. The summed E-state index contributed by atoms with van der Waals surface area (Å²) >= 11 is 1.61. The summed E-state index contributed by atoms with van der Waals surface area (Å²) in [5, 5.41) is 13.0. The lowest BCUT2D eigenvalue weighted by Gasteiger charge is -2.14. The molecule has 0 saturated carbocycles. The fraction of sp³-hybridized carbons (Fsp3) is 0.240. The third-order valence-corrected chi connectivity index (χ3v) is 6.89. The predicted molar refractivity (Wildman–Crippen MR) is 128 cm³/mol. The molecule has 5 rings (SSSR count). The number of aromatic hydroxyl groups is 1. The van der Waals surface area contributed by atoms with E-state index in [9.17, 15) is 9.90 Å². The molecule has 1 aliphatic rings. The molecule has 7 heteroatoms. The van der Waals surface area contributed by atoms with Crippen molar-refractivity contribution in [3.05, 3.63) is 80.6 Å². The molecule has 0 unspecified atom stereocenters. The minimum Gasteiger partial charge on any atom is -0.497 e. The van der Waals surface area contributed by atoms with E-state index in [0.29, 0.717) is 21.5 Å². The van der Waals surface area contributed by atoms with Crippen molar-refractivity contribution in [3.8, 4) is 11.6 Å². The Kier molecular flexibility index (Phi) is 5.49. The number of ether oxygens (including phenoxy) is 1. The third-order valence-electron chi connectivity index (χ3n) is 5.83. The zero-order chi connectivity index (χ0) is 22.1. The van der Waals surface area contributed by atoms with Crippen LogP contribution in [-0.4, -0.2) is 28.0 Å². The van der Waals surface area contributed by atoms with E-state index in [4.69, 9.17) is 4.74 Å². The average molecular weight is 446 g/mol. The molecule has 0 atom stereocenters. The van der Waals surface area contributed by atoms with Crippen molar-refractivity contribution in [3.63, 3.8) is 0 Å². The van der Waals surface area contributed by atoms with Gasteiger partial charge in [-0.15, -0.1) is 0 Å². The van der Waals surface area contributed by atoms with Gasteiger partial charge in [0.25, 0.3) is 5.56 Å². The number of fused-ring (bicyclic) bond motifs is 2. The Morgan fingerprint density at radius 3 is 2.62 bits per heavy atom. The second kappa shape index (κ2) is 8.59. The second-order valence-corrected chi connectivity index (χ2v) is 8.92. The summed E-state index contributed by atoms with van der Waals surface area (Å²) in [6, 6.07) is 14.7. The van der Waals surface area contributed by atoms with Gasteiger partial charge in [-0.25, -0.2) is 9.98 Å². The molecule has 1 N–H and O–H groups in total. The monoisotopic (exact) mass is 445 g/mol. The molecule has 2 aromatic carbocycles. The van der Waals surface area contributed by atoms with Crippen LogP contribution >= 0.6 is 11.3 Å². The van der Waals surface area contributed by atoms with Crippen LogP contribution in [0.4, 0.5) is 5.13 Å². The summed E-state index contributed by atoms with van der Waals surface area (Å²) < 4.78 is 6.59. The summed E-state index contributed by atoms with van der Waals surface area (Å²) in [7, 11) is 1.61. The summed E-state index contributed by atoms with van der Waals surface area (Å²) in [4.78, 5) is 23.7. The van der Waals surface area contributed by atoms with Crippen LogP contribution in [0.2, 0.25) is 0 Å². The molecule has 4 aromatic rings. The van der Waals surface area contributed by atoms with Crippen LogP contribution < -0.4 is 10.3 Å². The second-order valence-electron chi connectivity index (χ2n) is 7.85. The van der Waals surface area contributed by atoms with E-state index in [2.05, 4.69) is 9.98 Å². The molecule has 2 heterocycles. The molecule has 0 aliphatic heterocycles. The van der Waals surface area contributed by atoms with Gasteiger partial charge in [-0.2, -0.15) is 0 Å². The minimum absolute atomic E-state index is 0.102. The van der Waals surface area contributed by atoms with Crippen molar-refractivity contribution in [2.75, 3.05) is 7.11 Å². The lowest BCUT2D eigenvalue weighted by atomic mass is 10.0. The van der Waals surface area contributed by atoms with Crippen molar-refractivity contribution in [2.24, 2.45) is 4.99 Å². The number of hydrogen-bond acceptors (Lipinski definition) is 6. The predicted octanol–water partition coefficient (Wildman–Crippen LogP) is 4.85. The van der Waals surface area contributed by atoms with E-state index in [-0.39, 0.29) is 18.0 Å². The van der Waals surface area contributed by atoms with Gasteiger partial charge in [-0.3, -0.25) is 9.36 Å². The number of aromatic nitrogens is 2. The maximum Gasteiger partial charge on any atom is 0.261 e. The van der Waals surface area contributed by atoms with Gasteiger partial charge < -0.3 is 9.84 Å². The molecule has 0 fully saturated rings. The average Bonchev–Trinajstić information content (AvgIpc) is 3.25. The topological polar surface area (TPSA) is 76.7 Å². The number of aliphatic imine (C=N–C) groups is 1. The summed E-state index contributed by atoms with van der Waals surface area (Å²) in [6.07, 6.45) is 6.05. The smallest absolute Gasteiger partial charge is 0.261 e. The highest BCUT2D eigenvalue weighted by Crippen LogP contribution is 2.32. The molecular weight excluding hydrogens is 422 g/mol. The first-order valence-electron chi connectivity index (χ1n) is 10.6. The van der Waals surface area contributed by atoms with Crippen LogP contribution in [0.5, 0.6) is 11.6 Å². The maximum absolute atomic E-state index is 13.2. The molecule has 2 aromatic heterocycles. The van der Waals surface area contributed by atoms with E-state index < -0.39 is 0 Å². The largest absolute Gasteiger partial charge is 0.497 e. The Morgan fingerprint density at radius 2 is 1.88 bits per heavy atom. The van der Waals surface area contributed by atoms with Crippen molar-refractivity contribution < 1.29 is 9.84 Å². The molecule has 162 valence electrons. The summed E-state index contributed by atoms with van der Waals surface area (Å²) in [6.45, 7) is 0.242. The number of hydrogen-bond donors (Lipinski definition) is 1. The highest BCUT2D eigenvalue weighted by molar-refractivity contribution is 7.15. The Bertz CT molecular complexity index is 1350. The lowest BCUT2D eigenvalue weighted by Crippen LogP contribution is -2.22. The zero-order valence-corrected chi connectivity index (χ0v) is 18.6. The number of rotatable bonds is 5. The van der Waals surface area contributed by atoms with Gasteiger partial charge >= 0.3 is 0 Å². The molecule has 32 heavy (non-hydrogen) atoms. The van der Waals surface area contributed by atoms with Crippen LogP contribution in [0.15, 0.2) is 58.3 Å². The van der Waals surface area contributed by atoms with Crippen molar-refractivity contribution >= 4 is 33.5 Å². The van der Waals surface area contributed by atoms with Crippen LogP contribution in [0.3, 0.4) is 0 Å². The summed E-state index contributed by atoms with van der Waals surface area (Å²) in [5.41, 5.74) is 2.30. The molecule has 0 bridgehead atoms. The maximum atomic E-state index is 13.2. The van der Waals surface area contributed by atoms with E-state index in [1.807, 2.05) is 42.5 Å². The fourth-order valence-corrected chi connectivity index (χ4v) is 5.11. The Morgan fingerprint density at radius 1 is 1.12 bits per heavy atom. The Balaban J connectivity index is 1.58. The number of methoxy groups -OCH3 is 1. The molecular formula is C25H23N3O3S. The summed E-state index contributed by atoms with van der Waals surface area (Å²) in [5.74, 6) is 0.636. The highest BCUT2D eigenvalue weighted by atomic mass is 32.1. The van der Waals surface area contributed by atoms with Crippen LogP contribution in [0.1, 0.15) is 34.5 Å². The Labute approximate surface area is 189 Å². The number of nitrogens with zero attached hydrogens (tertiary/aromatic N) is 3. The quantitative estimate of drug-likeness (QED) is 0.446. The van der Waals surface area contributed by atoms with Crippen LogP contribution in [0.25, 0.3) is 10.8 Å². The molecule has 6 nitrogen and oxygen atoms in total. The van der Waals surface area contributed by atoms with Gasteiger partial charge in [0.1, 0.15) is 5.75 Å². The van der Waals surface area contributed by atoms with E-state index in [1.165, 1.54) is 22.3 Å². The van der Waals surface area contributed by atoms with Crippen LogP contribution in [-0.2, 0) is 19.4 Å². The van der Waals surface area contributed by atoms with Crippen molar-refractivity contribution in [1.29, 1.82) is 0 Å². The molecule has 1 aliphatic carbocycles.